The van der Waals surface area contributed by atoms with Gasteiger partial charge in [-0.25, -0.2) is 0 Å². The van der Waals surface area contributed by atoms with Gasteiger partial charge in [0.05, 0.1) is 30.6 Å². The van der Waals surface area contributed by atoms with E-state index in [4.69, 9.17) is 38.2 Å². The number of phenolic OH excluding ortho intramolecular Hbond substituents is 1. The second-order valence-electron chi connectivity index (χ2n) is 13.9. The van der Waals surface area contributed by atoms with Gasteiger partial charge in [0.25, 0.3) is 0 Å². The molecular weight excluding hydrogens is 797 g/mol. The molecule has 308 valence electrons. The van der Waals surface area contributed by atoms with Crippen molar-refractivity contribution in [2.45, 2.75) is 50.9 Å². The van der Waals surface area contributed by atoms with Crippen molar-refractivity contribution < 1.29 is 50.9 Å². The number of hydrogen-bond acceptors (Lipinski definition) is 5. The molecule has 4 aromatic carbocycles. The van der Waals surface area contributed by atoms with Crippen LogP contribution in [0.25, 0.3) is 0 Å². The van der Waals surface area contributed by atoms with Crippen LogP contribution in [0.2, 0.25) is 10.0 Å². The van der Waals surface area contributed by atoms with Crippen molar-refractivity contribution in [3.63, 3.8) is 0 Å². The quantitative estimate of drug-likeness (QED) is 0.173. The summed E-state index contributed by atoms with van der Waals surface area (Å²) in [5.74, 6) is 0.825. The number of carbonyl (C=O) groups excluding carboxylic acids is 2. The molecule has 0 saturated carbocycles. The number of benzene rings is 4. The van der Waals surface area contributed by atoms with Crippen LogP contribution in [0.5, 0.6) is 11.5 Å². The van der Waals surface area contributed by atoms with Crippen LogP contribution in [0.1, 0.15) is 47.9 Å². The van der Waals surface area contributed by atoms with Gasteiger partial charge in [-0.2, -0.15) is 26.3 Å². The fourth-order valence-electron chi connectivity index (χ4n) is 6.25. The summed E-state index contributed by atoms with van der Waals surface area (Å²) in [5.41, 5.74) is 0.444. The molecule has 2 unspecified atom stereocenters. The van der Waals surface area contributed by atoms with Crippen LogP contribution >= 0.6 is 23.2 Å². The highest BCUT2D eigenvalue weighted by Gasteiger charge is 2.31. The van der Waals surface area contributed by atoms with Crippen LogP contribution in [-0.4, -0.2) is 71.2 Å². The molecule has 4 aromatic rings. The van der Waals surface area contributed by atoms with Crippen molar-refractivity contribution in [1.82, 2.24) is 9.80 Å². The second-order valence-corrected chi connectivity index (χ2v) is 14.7. The first-order valence-corrected chi connectivity index (χ1v) is 19.1. The van der Waals surface area contributed by atoms with Gasteiger partial charge in [-0.1, -0.05) is 47.5 Å². The lowest BCUT2D eigenvalue weighted by atomic mass is 9.98. The normalized spacial score (nSPS) is 17.1. The lowest BCUT2D eigenvalue weighted by Gasteiger charge is -2.32. The van der Waals surface area contributed by atoms with Crippen LogP contribution in [0.15, 0.2) is 97.1 Å². The smallest absolute Gasteiger partial charge is 0.416 e. The molecule has 15 heteroatoms. The fraction of sp³-hybridized carbons (Fsp3) is 0.381. The average Bonchev–Trinajstić information content (AvgIpc) is 3.19. The number of rotatable bonds is 8. The zero-order chi connectivity index (χ0) is 41.6. The molecule has 6 rings (SSSR count). The molecule has 57 heavy (non-hydrogen) atoms. The van der Waals surface area contributed by atoms with Gasteiger partial charge in [-0.15, -0.1) is 0 Å². The number of ether oxygens (including phenoxy) is 1. The molecule has 0 spiro atoms. The predicted octanol–water partition coefficient (Wildman–Crippen LogP) is 9.74. The molecular formula is C42H44Cl2F6N2O5. The van der Waals surface area contributed by atoms with E-state index in [1.54, 1.807) is 24.3 Å². The highest BCUT2D eigenvalue weighted by molar-refractivity contribution is 6.30. The van der Waals surface area contributed by atoms with Gasteiger partial charge in [-0.05, 0) is 116 Å². The topological polar surface area (TPSA) is 90.3 Å². The van der Waals surface area contributed by atoms with E-state index >= 15 is 0 Å². The van der Waals surface area contributed by atoms with E-state index in [0.717, 1.165) is 79.8 Å². The fourth-order valence-corrected chi connectivity index (χ4v) is 6.50. The number of nitrogens with zero attached hydrogens (tertiary/aromatic N) is 2. The largest absolute Gasteiger partial charge is 0.508 e. The van der Waals surface area contributed by atoms with E-state index < -0.39 is 23.5 Å². The maximum Gasteiger partial charge on any atom is 0.416 e. The summed E-state index contributed by atoms with van der Waals surface area (Å²) in [4.78, 5) is 28.4. The Balaban J connectivity index is 0.000000211. The van der Waals surface area contributed by atoms with Crippen molar-refractivity contribution in [3.8, 4) is 11.5 Å². The van der Waals surface area contributed by atoms with Gasteiger partial charge in [0.1, 0.15) is 11.5 Å². The highest BCUT2D eigenvalue weighted by Crippen LogP contribution is 2.31. The van der Waals surface area contributed by atoms with E-state index in [2.05, 4.69) is 0 Å². The van der Waals surface area contributed by atoms with Gasteiger partial charge >= 0.3 is 12.4 Å². The Kier molecular flexibility index (Phi) is 16.9. The number of carbonyl (C=O) groups is 2. The van der Waals surface area contributed by atoms with Crippen molar-refractivity contribution in [2.75, 3.05) is 39.4 Å². The zero-order valence-corrected chi connectivity index (χ0v) is 32.4. The number of amides is 2. The minimum absolute atomic E-state index is 0.0570. The number of aliphatic hydroxyl groups is 1. The van der Waals surface area contributed by atoms with Crippen molar-refractivity contribution in [1.29, 1.82) is 0 Å². The molecule has 2 heterocycles. The molecule has 2 saturated heterocycles. The predicted molar refractivity (Wildman–Crippen MR) is 206 cm³/mol. The Bertz CT molecular complexity index is 1840. The zero-order valence-electron chi connectivity index (χ0n) is 30.9. The number of phenols is 1. The molecule has 0 radical (unpaired) electrons. The van der Waals surface area contributed by atoms with Gasteiger partial charge in [-0.3, -0.25) is 9.59 Å². The van der Waals surface area contributed by atoms with Crippen molar-refractivity contribution in [3.05, 3.63) is 129 Å². The molecule has 0 aliphatic carbocycles. The van der Waals surface area contributed by atoms with E-state index in [1.807, 2.05) is 34.1 Å². The van der Waals surface area contributed by atoms with Crippen LogP contribution in [0.4, 0.5) is 26.3 Å². The maximum absolute atomic E-state index is 12.6. The third-order valence-corrected chi connectivity index (χ3v) is 9.90. The van der Waals surface area contributed by atoms with Gasteiger partial charge in [0.2, 0.25) is 11.8 Å². The lowest BCUT2D eigenvalue weighted by Crippen LogP contribution is -2.42. The van der Waals surface area contributed by atoms with E-state index in [-0.39, 0.29) is 36.0 Å². The number of alkyl halides is 6. The average molecular weight is 842 g/mol. The minimum atomic E-state index is -4.35. The Hall–Kier alpha value is -4.46. The first-order chi connectivity index (χ1) is 27.0. The van der Waals surface area contributed by atoms with Crippen LogP contribution in [-0.2, 0) is 34.8 Å². The number of halogens is 8. The van der Waals surface area contributed by atoms with Crippen LogP contribution < -0.4 is 4.74 Å². The third kappa shape index (κ3) is 15.4. The number of aliphatic hydroxyl groups excluding tert-OH is 1. The summed E-state index contributed by atoms with van der Waals surface area (Å²) in [6.45, 7) is 3.34. The monoisotopic (exact) mass is 840 g/mol. The lowest BCUT2D eigenvalue weighted by molar-refractivity contribution is -0.138. The SMILES string of the molecule is O=C(Cc1ccc(Cl)cc1)N1CCCC(CO)C1.O=C(Cc1ccc(Cl)cc1)N1CCCC(COc2ccc(C(F)(F)F)cc2)C1.Oc1ccc(C(F)(F)F)cc1. The second kappa shape index (κ2) is 21.3. The van der Waals surface area contributed by atoms with Crippen LogP contribution in [0.3, 0.4) is 0 Å². The number of aromatic hydroxyl groups is 1. The molecule has 2 atom stereocenters. The molecule has 2 aliphatic heterocycles. The summed E-state index contributed by atoms with van der Waals surface area (Å²) in [6.07, 6.45) is -4.14. The third-order valence-electron chi connectivity index (χ3n) is 9.40. The molecule has 0 bridgehead atoms. The molecule has 0 aromatic heterocycles. The van der Waals surface area contributed by atoms with Crippen LogP contribution in [0, 0.1) is 11.8 Å². The van der Waals surface area contributed by atoms with Crippen molar-refractivity contribution >= 4 is 35.0 Å². The first-order valence-electron chi connectivity index (χ1n) is 18.3. The number of likely N-dealkylation sites (tertiary alicyclic amines) is 2. The Morgan fingerprint density at radius 2 is 1.04 bits per heavy atom. The highest BCUT2D eigenvalue weighted by atomic mass is 35.5. The Morgan fingerprint density at radius 1 is 0.632 bits per heavy atom. The first kappa shape index (κ1) is 45.2. The van der Waals surface area contributed by atoms with Crippen molar-refractivity contribution in [2.24, 2.45) is 11.8 Å². The summed E-state index contributed by atoms with van der Waals surface area (Å²) in [7, 11) is 0. The van der Waals surface area contributed by atoms with E-state index in [9.17, 15) is 35.9 Å². The van der Waals surface area contributed by atoms with E-state index in [1.165, 1.54) is 12.1 Å². The Morgan fingerprint density at radius 3 is 1.46 bits per heavy atom. The minimum Gasteiger partial charge on any atom is -0.508 e. The Labute approximate surface area is 337 Å². The summed E-state index contributed by atoms with van der Waals surface area (Å²) >= 11 is 11.7. The summed E-state index contributed by atoms with van der Waals surface area (Å²) < 4.78 is 79.0. The summed E-state index contributed by atoms with van der Waals surface area (Å²) in [6, 6.07) is 22.9. The molecule has 2 N–H and O–H groups in total. The molecule has 2 amide bonds. The standard InChI is InChI=1S/C21H21ClF3NO2.C14H18ClNO2.C7H5F3O/c22-18-7-3-15(4-8-18)12-20(27)26-11-1-2-16(13-26)14-28-19-9-5-17(6-10-19)21(23,24)25;15-13-5-3-11(4-6-13)8-14(18)16-7-1-2-12(9-16)10-17;8-7(9,10)5-1-3-6(11)4-2-5/h3-10,16H,1-2,11-14H2;3-6,12,17H,1-2,7-10H2;1-4,11H. The van der Waals surface area contributed by atoms with Gasteiger partial charge < -0.3 is 24.7 Å². The number of piperidine rings is 2. The van der Waals surface area contributed by atoms with Gasteiger partial charge in [0, 0.05) is 48.7 Å². The maximum atomic E-state index is 12.6. The van der Waals surface area contributed by atoms with E-state index in [0.29, 0.717) is 54.9 Å². The molecule has 2 fully saturated rings. The van der Waals surface area contributed by atoms with Gasteiger partial charge in [0.15, 0.2) is 0 Å². The number of hydrogen-bond donors (Lipinski definition) is 2. The molecule has 2 aliphatic rings. The molecule has 7 nitrogen and oxygen atoms in total. The summed E-state index contributed by atoms with van der Waals surface area (Å²) in [5, 5.41) is 19.1.